The highest BCUT2D eigenvalue weighted by Gasteiger charge is 2.23. The lowest BCUT2D eigenvalue weighted by molar-refractivity contribution is -0.139. The number of aromatic nitrogens is 1. The molecule has 1 aromatic heterocycles. The Bertz CT molecular complexity index is 371. The third kappa shape index (κ3) is 3.10. The predicted octanol–water partition coefficient (Wildman–Crippen LogP) is 2.65. The molecule has 88 valence electrons. The highest BCUT2D eigenvalue weighted by atomic mass is 35.5. The molecule has 0 amide bonds. The van der Waals surface area contributed by atoms with E-state index in [1.54, 1.807) is 12.3 Å². The number of aliphatic carboxylic acids is 1. The molecule has 1 rings (SSSR count). The van der Waals surface area contributed by atoms with Crippen LogP contribution in [0.1, 0.15) is 20.3 Å². The number of carboxylic acid groups (broad SMARTS) is 1. The number of carboxylic acids is 1. The summed E-state index contributed by atoms with van der Waals surface area (Å²) in [7, 11) is 0. The smallest absolute Gasteiger partial charge is 0.326 e. The second-order valence-corrected chi connectivity index (χ2v) is 4.11. The molecule has 4 nitrogen and oxygen atoms in total. The lowest BCUT2D eigenvalue weighted by atomic mass is 9.99. The summed E-state index contributed by atoms with van der Waals surface area (Å²) in [4.78, 5) is 14.9. The van der Waals surface area contributed by atoms with Gasteiger partial charge in [0.2, 0.25) is 0 Å². The maximum atomic E-state index is 11.1. The molecule has 2 atom stereocenters. The molecule has 0 spiro atoms. The van der Waals surface area contributed by atoms with Gasteiger partial charge in [0.1, 0.15) is 6.04 Å². The molecule has 16 heavy (non-hydrogen) atoms. The Hall–Kier alpha value is -1.29. The molecule has 2 N–H and O–H groups in total. The van der Waals surface area contributed by atoms with E-state index in [-0.39, 0.29) is 5.92 Å². The van der Waals surface area contributed by atoms with Gasteiger partial charge in [-0.1, -0.05) is 31.9 Å². The SMILES string of the molecule is CC[C@H](C)[C@H](Nc1ccncc1Cl)C(=O)O. The van der Waals surface area contributed by atoms with Crippen molar-refractivity contribution >= 4 is 23.3 Å². The van der Waals surface area contributed by atoms with Crippen LogP contribution in [0, 0.1) is 5.92 Å². The van der Waals surface area contributed by atoms with Gasteiger partial charge in [-0.25, -0.2) is 4.79 Å². The number of carbonyl (C=O) groups is 1. The Kier molecular flexibility index (Phi) is 4.55. The van der Waals surface area contributed by atoms with Crippen molar-refractivity contribution in [2.45, 2.75) is 26.3 Å². The lowest BCUT2D eigenvalue weighted by Gasteiger charge is -2.21. The van der Waals surface area contributed by atoms with Crippen LogP contribution in [0.5, 0.6) is 0 Å². The van der Waals surface area contributed by atoms with E-state index in [4.69, 9.17) is 16.7 Å². The number of nitrogens with one attached hydrogen (secondary N) is 1. The summed E-state index contributed by atoms with van der Waals surface area (Å²) in [5.41, 5.74) is 0.601. The molecular formula is C11H15ClN2O2. The van der Waals surface area contributed by atoms with Crippen LogP contribution >= 0.6 is 11.6 Å². The fourth-order valence-electron chi connectivity index (χ4n) is 1.34. The largest absolute Gasteiger partial charge is 0.480 e. The highest BCUT2D eigenvalue weighted by Crippen LogP contribution is 2.22. The van der Waals surface area contributed by atoms with Gasteiger partial charge in [-0.15, -0.1) is 0 Å². The van der Waals surface area contributed by atoms with Crippen LogP contribution in [0.3, 0.4) is 0 Å². The Morgan fingerprint density at radius 3 is 2.88 bits per heavy atom. The molecule has 0 unspecified atom stereocenters. The van der Waals surface area contributed by atoms with Crippen molar-refractivity contribution in [3.05, 3.63) is 23.5 Å². The minimum Gasteiger partial charge on any atom is -0.480 e. The fraction of sp³-hybridized carbons (Fsp3) is 0.455. The highest BCUT2D eigenvalue weighted by molar-refractivity contribution is 6.33. The molecule has 0 fully saturated rings. The average Bonchev–Trinajstić information content (AvgIpc) is 2.26. The topological polar surface area (TPSA) is 62.2 Å². The average molecular weight is 243 g/mol. The third-order valence-corrected chi connectivity index (χ3v) is 2.86. The fourth-order valence-corrected chi connectivity index (χ4v) is 1.52. The summed E-state index contributed by atoms with van der Waals surface area (Å²) in [6.45, 7) is 3.84. The third-order valence-electron chi connectivity index (χ3n) is 2.56. The van der Waals surface area contributed by atoms with Gasteiger partial charge in [0.25, 0.3) is 0 Å². The summed E-state index contributed by atoms with van der Waals surface area (Å²) in [5.74, 6) is -0.844. The standard InChI is InChI=1S/C11H15ClN2O2/c1-3-7(2)10(11(15)16)14-9-4-5-13-6-8(9)12/h4-7,10H,3H2,1-2H3,(H,13,14)(H,15,16)/t7-,10-/m0/s1. The van der Waals surface area contributed by atoms with Gasteiger partial charge < -0.3 is 10.4 Å². The zero-order chi connectivity index (χ0) is 12.1. The first-order valence-corrected chi connectivity index (χ1v) is 5.53. The van der Waals surface area contributed by atoms with Crippen molar-refractivity contribution in [1.29, 1.82) is 0 Å². The van der Waals surface area contributed by atoms with Crippen molar-refractivity contribution < 1.29 is 9.90 Å². The second-order valence-electron chi connectivity index (χ2n) is 3.70. The zero-order valence-electron chi connectivity index (χ0n) is 9.27. The van der Waals surface area contributed by atoms with E-state index in [2.05, 4.69) is 10.3 Å². The van der Waals surface area contributed by atoms with Crippen LogP contribution in [0.4, 0.5) is 5.69 Å². The molecule has 0 bridgehead atoms. The maximum absolute atomic E-state index is 11.1. The Balaban J connectivity index is 2.84. The van der Waals surface area contributed by atoms with E-state index in [1.807, 2.05) is 13.8 Å². The van der Waals surface area contributed by atoms with Crippen molar-refractivity contribution in [1.82, 2.24) is 4.98 Å². The molecular weight excluding hydrogens is 228 g/mol. The number of pyridine rings is 1. The molecule has 1 heterocycles. The maximum Gasteiger partial charge on any atom is 0.326 e. The normalized spacial score (nSPS) is 14.2. The van der Waals surface area contributed by atoms with Gasteiger partial charge in [0, 0.05) is 12.4 Å². The van der Waals surface area contributed by atoms with Gasteiger partial charge in [0.05, 0.1) is 10.7 Å². The first kappa shape index (κ1) is 12.8. The predicted molar refractivity (Wildman–Crippen MR) is 63.7 cm³/mol. The summed E-state index contributed by atoms with van der Waals surface area (Å²) in [5, 5.41) is 12.5. The molecule has 0 saturated heterocycles. The van der Waals surface area contributed by atoms with Crippen molar-refractivity contribution in [3.8, 4) is 0 Å². The van der Waals surface area contributed by atoms with Crippen LogP contribution in [0.2, 0.25) is 5.02 Å². The summed E-state index contributed by atoms with van der Waals surface area (Å²) in [6, 6.07) is 1.03. The Morgan fingerprint density at radius 2 is 2.38 bits per heavy atom. The number of nitrogens with zero attached hydrogens (tertiary/aromatic N) is 1. The summed E-state index contributed by atoms with van der Waals surface area (Å²) < 4.78 is 0. The van der Waals surface area contributed by atoms with Crippen LogP contribution in [-0.2, 0) is 4.79 Å². The van der Waals surface area contributed by atoms with E-state index in [0.29, 0.717) is 10.7 Å². The van der Waals surface area contributed by atoms with Gasteiger partial charge >= 0.3 is 5.97 Å². The van der Waals surface area contributed by atoms with Crippen LogP contribution in [0.15, 0.2) is 18.5 Å². The van der Waals surface area contributed by atoms with Gasteiger partial charge in [-0.05, 0) is 12.0 Å². The van der Waals surface area contributed by atoms with Crippen LogP contribution in [0.25, 0.3) is 0 Å². The lowest BCUT2D eigenvalue weighted by Crippen LogP contribution is -2.35. The van der Waals surface area contributed by atoms with E-state index < -0.39 is 12.0 Å². The number of hydrogen-bond donors (Lipinski definition) is 2. The first-order chi connectivity index (χ1) is 7.56. The minimum atomic E-state index is -0.873. The van der Waals surface area contributed by atoms with Crippen molar-refractivity contribution in [2.24, 2.45) is 5.92 Å². The molecule has 1 aromatic rings. The van der Waals surface area contributed by atoms with Gasteiger partial charge in [-0.2, -0.15) is 0 Å². The minimum absolute atomic E-state index is 0.0294. The van der Waals surface area contributed by atoms with Gasteiger partial charge in [-0.3, -0.25) is 4.98 Å². The Labute approximate surface area is 99.6 Å². The molecule has 0 aliphatic rings. The van der Waals surface area contributed by atoms with Crippen LogP contribution in [-0.4, -0.2) is 22.1 Å². The molecule has 0 aliphatic heterocycles. The summed E-state index contributed by atoms with van der Waals surface area (Å²) in [6.07, 6.45) is 3.84. The second kappa shape index (κ2) is 5.70. The number of rotatable bonds is 5. The molecule has 0 saturated carbocycles. The van der Waals surface area contributed by atoms with E-state index in [1.165, 1.54) is 6.20 Å². The van der Waals surface area contributed by atoms with E-state index in [9.17, 15) is 4.79 Å². The van der Waals surface area contributed by atoms with E-state index >= 15 is 0 Å². The Morgan fingerprint density at radius 1 is 1.69 bits per heavy atom. The molecule has 5 heteroatoms. The number of halogens is 1. The molecule has 0 aromatic carbocycles. The molecule has 0 aliphatic carbocycles. The summed E-state index contributed by atoms with van der Waals surface area (Å²) >= 11 is 5.90. The molecule has 0 radical (unpaired) electrons. The van der Waals surface area contributed by atoms with Crippen LogP contribution < -0.4 is 5.32 Å². The van der Waals surface area contributed by atoms with E-state index in [0.717, 1.165) is 6.42 Å². The van der Waals surface area contributed by atoms with Gasteiger partial charge in [0.15, 0.2) is 0 Å². The number of anilines is 1. The van der Waals surface area contributed by atoms with Crippen molar-refractivity contribution in [2.75, 3.05) is 5.32 Å². The monoisotopic (exact) mass is 242 g/mol. The quantitative estimate of drug-likeness (QED) is 0.833. The number of hydrogen-bond acceptors (Lipinski definition) is 3. The first-order valence-electron chi connectivity index (χ1n) is 5.15. The van der Waals surface area contributed by atoms with Crippen molar-refractivity contribution in [3.63, 3.8) is 0 Å². The zero-order valence-corrected chi connectivity index (χ0v) is 10.0.